The largest absolute Gasteiger partial charge is 0.369 e. The van der Waals surface area contributed by atoms with Crippen molar-refractivity contribution < 1.29 is 18.0 Å². The molecule has 0 N–H and O–H groups in total. The molecule has 1 aliphatic carbocycles. The van der Waals surface area contributed by atoms with Crippen molar-refractivity contribution in [3.05, 3.63) is 76.7 Å². The van der Waals surface area contributed by atoms with Crippen molar-refractivity contribution in [1.82, 2.24) is 14.7 Å². The first-order chi connectivity index (χ1) is 18.3. The number of aryl methyl sites for hydroxylation is 1. The highest BCUT2D eigenvalue weighted by atomic mass is 19.3. The van der Waals surface area contributed by atoms with E-state index in [-0.39, 0.29) is 29.4 Å². The van der Waals surface area contributed by atoms with Gasteiger partial charge in [-0.1, -0.05) is 36.4 Å². The molecule has 38 heavy (non-hydrogen) atoms. The third-order valence-electron chi connectivity index (χ3n) is 8.24. The smallest absolute Gasteiger partial charge is 0.326 e. The Hall–Kier alpha value is -3.49. The molecule has 6 nitrogen and oxygen atoms in total. The van der Waals surface area contributed by atoms with Gasteiger partial charge in [0.1, 0.15) is 5.82 Å². The van der Waals surface area contributed by atoms with Crippen molar-refractivity contribution >= 4 is 17.5 Å². The maximum atomic E-state index is 14.6. The first-order valence-corrected chi connectivity index (χ1v) is 13.4. The molecule has 0 spiro atoms. The van der Waals surface area contributed by atoms with Gasteiger partial charge in [-0.05, 0) is 55.7 Å². The van der Waals surface area contributed by atoms with Crippen LogP contribution in [0.5, 0.6) is 0 Å². The van der Waals surface area contributed by atoms with E-state index in [1.165, 1.54) is 36.6 Å². The number of fused-ring (bicyclic) bond motifs is 1. The third kappa shape index (κ3) is 4.31. The van der Waals surface area contributed by atoms with Crippen molar-refractivity contribution in [2.45, 2.75) is 63.6 Å². The molecule has 1 saturated carbocycles. The molecule has 1 unspecified atom stereocenters. The Bertz CT molecular complexity index is 1350. The average molecular weight is 524 g/mol. The molecule has 0 radical (unpaired) electrons. The molecule has 200 valence electrons. The van der Waals surface area contributed by atoms with Gasteiger partial charge in [0.05, 0.1) is 18.3 Å². The van der Waals surface area contributed by atoms with E-state index in [0.717, 1.165) is 11.1 Å². The zero-order chi connectivity index (χ0) is 26.6. The second-order valence-electron chi connectivity index (χ2n) is 10.7. The van der Waals surface area contributed by atoms with Gasteiger partial charge in [-0.15, -0.1) is 0 Å². The van der Waals surface area contributed by atoms with Crippen LogP contribution in [-0.2, 0) is 13.6 Å². The van der Waals surface area contributed by atoms with E-state index in [2.05, 4.69) is 23.3 Å². The molecule has 3 heterocycles. The number of halogens is 3. The maximum absolute atomic E-state index is 14.6. The quantitative estimate of drug-likeness (QED) is 0.368. The number of anilines is 2. The van der Waals surface area contributed by atoms with Gasteiger partial charge in [0.25, 0.3) is 6.43 Å². The number of aromatic nitrogens is 2. The summed E-state index contributed by atoms with van der Waals surface area (Å²) in [6.07, 6.45) is 2.71. The summed E-state index contributed by atoms with van der Waals surface area (Å²) < 4.78 is 43.6. The molecule has 2 fully saturated rings. The first-order valence-electron chi connectivity index (χ1n) is 13.4. The van der Waals surface area contributed by atoms with Crippen molar-refractivity contribution in [3.63, 3.8) is 0 Å². The molecule has 3 aliphatic rings. The zero-order valence-electron chi connectivity index (χ0n) is 21.7. The second kappa shape index (κ2) is 9.67. The predicted octanol–water partition coefficient (Wildman–Crippen LogP) is 6.55. The van der Waals surface area contributed by atoms with Crippen LogP contribution in [-0.4, -0.2) is 39.8 Å². The van der Waals surface area contributed by atoms with E-state index in [4.69, 9.17) is 0 Å². The van der Waals surface area contributed by atoms with Crippen LogP contribution in [0.2, 0.25) is 0 Å². The lowest BCUT2D eigenvalue weighted by Crippen LogP contribution is -2.55. The van der Waals surface area contributed by atoms with Crippen LogP contribution in [0.15, 0.2) is 48.7 Å². The van der Waals surface area contributed by atoms with Gasteiger partial charge in [-0.2, -0.15) is 5.10 Å². The van der Waals surface area contributed by atoms with Crippen molar-refractivity contribution in [1.29, 1.82) is 0 Å². The monoisotopic (exact) mass is 523 g/mol. The Labute approximate surface area is 220 Å². The number of alkyl halides is 2. The summed E-state index contributed by atoms with van der Waals surface area (Å²) in [6, 6.07) is 11.8. The predicted molar refractivity (Wildman–Crippen MR) is 140 cm³/mol. The molecular weight excluding hydrogens is 491 g/mol. The minimum atomic E-state index is -2.75. The third-order valence-corrected chi connectivity index (χ3v) is 8.24. The number of benzene rings is 2. The number of carbonyl (C=O) groups is 1. The van der Waals surface area contributed by atoms with Crippen LogP contribution in [0.25, 0.3) is 0 Å². The molecule has 1 aromatic heterocycles. The Morgan fingerprint density at radius 2 is 1.74 bits per heavy atom. The molecule has 9 heteroatoms. The average Bonchev–Trinajstić information content (AvgIpc) is 3.68. The maximum Gasteiger partial charge on any atom is 0.326 e. The normalized spacial score (nSPS) is 20.4. The highest BCUT2D eigenvalue weighted by Crippen LogP contribution is 2.44. The molecule has 2 aliphatic heterocycles. The highest BCUT2D eigenvalue weighted by molar-refractivity contribution is 5.94. The molecule has 0 bridgehead atoms. The van der Waals surface area contributed by atoms with Gasteiger partial charge >= 0.3 is 6.03 Å². The van der Waals surface area contributed by atoms with Gasteiger partial charge < -0.3 is 9.80 Å². The molecular formula is C29H32F3N5O. The molecule has 2 aromatic carbocycles. The number of nitrogens with zero attached hydrogens (tertiary/aromatic N) is 5. The fourth-order valence-corrected chi connectivity index (χ4v) is 6.21. The van der Waals surface area contributed by atoms with E-state index >= 15 is 0 Å². The summed E-state index contributed by atoms with van der Waals surface area (Å²) in [5.74, 6) is 0.617. The number of piperidine rings is 1. The number of amides is 2. The first kappa shape index (κ1) is 24.8. The molecule has 1 atom stereocenters. The molecule has 2 amide bonds. The van der Waals surface area contributed by atoms with E-state index in [1.807, 2.05) is 31.1 Å². The van der Waals surface area contributed by atoms with E-state index in [1.54, 1.807) is 14.5 Å². The van der Waals surface area contributed by atoms with Crippen LogP contribution in [0.1, 0.15) is 73.2 Å². The number of urea groups is 1. The van der Waals surface area contributed by atoms with Crippen molar-refractivity contribution in [2.75, 3.05) is 22.9 Å². The Morgan fingerprint density at radius 3 is 2.45 bits per heavy atom. The summed E-state index contributed by atoms with van der Waals surface area (Å²) in [4.78, 5) is 19.5. The lowest BCUT2D eigenvalue weighted by Gasteiger charge is -2.46. The number of hydrogen-bond acceptors (Lipinski definition) is 3. The van der Waals surface area contributed by atoms with Crippen LogP contribution < -0.4 is 9.80 Å². The number of para-hydroxylation sites is 1. The van der Waals surface area contributed by atoms with Gasteiger partial charge in [-0.25, -0.2) is 18.0 Å². The Kier molecular flexibility index (Phi) is 6.32. The standard InChI is InChI=1S/C29H32F3N5O/c1-18-24-17-34(2)33-28(24)36(16-20-6-3-4-7-22(20)19-10-11-19)29(38)37(18)21-12-14-35(15-13-21)26-23(27(31)32)8-5-9-25(26)30/h3-9,17-19,21,27H,10-16H2,1-2H3. The van der Waals surface area contributed by atoms with E-state index in [0.29, 0.717) is 44.2 Å². The summed E-state index contributed by atoms with van der Waals surface area (Å²) in [6.45, 7) is 3.26. The summed E-state index contributed by atoms with van der Waals surface area (Å²) >= 11 is 0. The molecule has 1 saturated heterocycles. The fourth-order valence-electron chi connectivity index (χ4n) is 6.21. The Morgan fingerprint density at radius 1 is 1.00 bits per heavy atom. The van der Waals surface area contributed by atoms with Crippen molar-refractivity contribution in [2.24, 2.45) is 7.05 Å². The van der Waals surface area contributed by atoms with Gasteiger partial charge in [0.2, 0.25) is 0 Å². The summed E-state index contributed by atoms with van der Waals surface area (Å²) in [5, 5.41) is 4.66. The number of hydrogen-bond donors (Lipinski definition) is 0. The minimum absolute atomic E-state index is 0.0215. The van der Waals surface area contributed by atoms with E-state index < -0.39 is 12.2 Å². The van der Waals surface area contributed by atoms with Gasteiger partial charge in [0, 0.05) is 43.5 Å². The van der Waals surface area contributed by atoms with E-state index in [9.17, 15) is 18.0 Å². The summed E-state index contributed by atoms with van der Waals surface area (Å²) in [5.41, 5.74) is 3.13. The summed E-state index contributed by atoms with van der Waals surface area (Å²) in [7, 11) is 1.86. The highest BCUT2D eigenvalue weighted by Gasteiger charge is 2.42. The number of carbonyl (C=O) groups excluding carboxylic acids is 1. The fraction of sp³-hybridized carbons (Fsp3) is 0.448. The molecule has 3 aromatic rings. The van der Waals surface area contributed by atoms with Crippen LogP contribution in [0, 0.1) is 5.82 Å². The zero-order valence-corrected chi connectivity index (χ0v) is 21.7. The SMILES string of the molecule is CC1c2cn(C)nc2N(Cc2ccccc2C2CC2)C(=O)N1C1CCN(c2c(F)cccc2C(F)F)CC1. The Balaban J connectivity index is 1.26. The lowest BCUT2D eigenvalue weighted by molar-refractivity contribution is 0.135. The molecule has 6 rings (SSSR count). The second-order valence-corrected chi connectivity index (χ2v) is 10.7. The van der Waals surface area contributed by atoms with Gasteiger partial charge in [0.15, 0.2) is 5.82 Å². The lowest BCUT2D eigenvalue weighted by atomic mass is 9.96. The van der Waals surface area contributed by atoms with Crippen molar-refractivity contribution in [3.8, 4) is 0 Å². The van der Waals surface area contributed by atoms with Crippen LogP contribution >= 0.6 is 0 Å². The van der Waals surface area contributed by atoms with Crippen LogP contribution in [0.4, 0.5) is 29.5 Å². The topological polar surface area (TPSA) is 44.6 Å². The van der Waals surface area contributed by atoms with Gasteiger partial charge in [-0.3, -0.25) is 9.58 Å². The number of rotatable bonds is 6. The minimum Gasteiger partial charge on any atom is -0.369 e. The van der Waals surface area contributed by atoms with Crippen LogP contribution in [0.3, 0.4) is 0 Å².